The van der Waals surface area contributed by atoms with Crippen LogP contribution in [0.1, 0.15) is 24.3 Å². The first-order valence-corrected chi connectivity index (χ1v) is 4.57. The van der Waals surface area contributed by atoms with Crippen molar-refractivity contribution in [3.05, 3.63) is 30.1 Å². The second-order valence-corrected chi connectivity index (χ2v) is 3.33. The van der Waals surface area contributed by atoms with Gasteiger partial charge in [-0.05, 0) is 36.9 Å². The number of aromatic nitrogens is 1. The van der Waals surface area contributed by atoms with Crippen molar-refractivity contribution in [1.29, 1.82) is 0 Å². The minimum absolute atomic E-state index is 0. The molecule has 0 unspecified atom stereocenters. The summed E-state index contributed by atoms with van der Waals surface area (Å²) >= 11 is 0. The largest absolute Gasteiger partial charge is 0.316 e. The Labute approximate surface area is 97.3 Å². The molecule has 0 amide bonds. The van der Waals surface area contributed by atoms with Gasteiger partial charge in [-0.15, -0.1) is 24.8 Å². The Hall–Kier alpha value is -0.310. The van der Waals surface area contributed by atoms with Crippen LogP contribution in [0.4, 0.5) is 0 Å². The second-order valence-electron chi connectivity index (χ2n) is 3.33. The lowest BCUT2D eigenvalue weighted by Crippen LogP contribution is -2.28. The van der Waals surface area contributed by atoms with Crippen molar-refractivity contribution in [2.24, 2.45) is 0 Å². The quantitative estimate of drug-likeness (QED) is 0.808. The summed E-state index contributed by atoms with van der Waals surface area (Å²) in [6.07, 6.45) is 6.41. The SMILES string of the molecule is Cl.Cl.c1cncc([C@@H]2CCCNC2)c1. The average Bonchev–Trinajstić information content (AvgIpc) is 2.21. The predicted octanol–water partition coefficient (Wildman–Crippen LogP) is 2.39. The van der Waals surface area contributed by atoms with Crippen molar-refractivity contribution >= 4 is 24.8 Å². The minimum Gasteiger partial charge on any atom is -0.316 e. The van der Waals surface area contributed by atoms with Crippen molar-refractivity contribution in [2.45, 2.75) is 18.8 Å². The fourth-order valence-corrected chi connectivity index (χ4v) is 1.75. The molecule has 1 saturated heterocycles. The molecule has 2 rings (SSSR count). The summed E-state index contributed by atoms with van der Waals surface area (Å²) in [5.74, 6) is 0.687. The standard InChI is InChI=1S/C10H14N2.2ClH/c1-3-9(7-11-5-1)10-4-2-6-12-8-10;;/h1,3,5,7,10,12H,2,4,6,8H2;2*1H/t10-;;/m1../s1. The van der Waals surface area contributed by atoms with Gasteiger partial charge in [0.25, 0.3) is 0 Å². The molecule has 0 aromatic carbocycles. The highest BCUT2D eigenvalue weighted by Gasteiger charge is 2.14. The topological polar surface area (TPSA) is 24.9 Å². The molecule has 1 aromatic heterocycles. The van der Waals surface area contributed by atoms with Crippen molar-refractivity contribution in [3.8, 4) is 0 Å². The molecule has 0 radical (unpaired) electrons. The number of piperidine rings is 1. The van der Waals surface area contributed by atoms with E-state index >= 15 is 0 Å². The van der Waals surface area contributed by atoms with Gasteiger partial charge in [-0.25, -0.2) is 0 Å². The van der Waals surface area contributed by atoms with E-state index in [4.69, 9.17) is 0 Å². The summed E-state index contributed by atoms with van der Waals surface area (Å²) in [4.78, 5) is 4.13. The number of nitrogens with one attached hydrogen (secondary N) is 1. The van der Waals surface area contributed by atoms with Crippen molar-refractivity contribution in [3.63, 3.8) is 0 Å². The zero-order chi connectivity index (χ0) is 8.23. The fourth-order valence-electron chi connectivity index (χ4n) is 1.75. The minimum atomic E-state index is 0. The highest BCUT2D eigenvalue weighted by molar-refractivity contribution is 5.85. The van der Waals surface area contributed by atoms with Crippen LogP contribution in [0.2, 0.25) is 0 Å². The maximum Gasteiger partial charge on any atom is 0.0303 e. The molecule has 14 heavy (non-hydrogen) atoms. The first-order valence-electron chi connectivity index (χ1n) is 4.57. The number of halogens is 2. The molecule has 0 saturated carbocycles. The molecule has 1 N–H and O–H groups in total. The molecular weight excluding hydrogens is 219 g/mol. The lowest BCUT2D eigenvalue weighted by Gasteiger charge is -2.22. The van der Waals surface area contributed by atoms with Crippen LogP contribution in [0.15, 0.2) is 24.5 Å². The van der Waals surface area contributed by atoms with Gasteiger partial charge in [-0.2, -0.15) is 0 Å². The summed E-state index contributed by atoms with van der Waals surface area (Å²) in [5.41, 5.74) is 1.38. The van der Waals surface area contributed by atoms with Crippen LogP contribution in [0.3, 0.4) is 0 Å². The smallest absolute Gasteiger partial charge is 0.0303 e. The number of rotatable bonds is 1. The molecule has 1 atom stereocenters. The van der Waals surface area contributed by atoms with Crippen LogP contribution >= 0.6 is 24.8 Å². The van der Waals surface area contributed by atoms with E-state index in [2.05, 4.69) is 16.4 Å². The van der Waals surface area contributed by atoms with Gasteiger partial charge in [0.15, 0.2) is 0 Å². The van der Waals surface area contributed by atoms with E-state index in [1.165, 1.54) is 24.9 Å². The Morgan fingerprint density at radius 2 is 2.21 bits per heavy atom. The molecule has 0 aliphatic carbocycles. The molecule has 1 aromatic rings. The molecule has 0 bridgehead atoms. The Bertz CT molecular complexity index is 235. The van der Waals surface area contributed by atoms with Crippen LogP contribution in [-0.2, 0) is 0 Å². The number of nitrogens with zero attached hydrogens (tertiary/aromatic N) is 1. The average molecular weight is 235 g/mol. The third-order valence-corrected chi connectivity index (χ3v) is 2.45. The van der Waals surface area contributed by atoms with E-state index in [1.54, 1.807) is 0 Å². The third kappa shape index (κ3) is 3.45. The second kappa shape index (κ2) is 7.04. The van der Waals surface area contributed by atoms with Gasteiger partial charge >= 0.3 is 0 Å². The van der Waals surface area contributed by atoms with Gasteiger partial charge in [0.2, 0.25) is 0 Å². The van der Waals surface area contributed by atoms with Crippen LogP contribution in [0.25, 0.3) is 0 Å². The molecule has 2 heterocycles. The van der Waals surface area contributed by atoms with Crippen molar-refractivity contribution in [1.82, 2.24) is 10.3 Å². The monoisotopic (exact) mass is 234 g/mol. The molecule has 1 aliphatic heterocycles. The number of pyridine rings is 1. The van der Waals surface area contributed by atoms with E-state index in [1.807, 2.05) is 18.5 Å². The molecule has 0 spiro atoms. The highest BCUT2D eigenvalue weighted by Crippen LogP contribution is 2.21. The number of hydrogen-bond acceptors (Lipinski definition) is 2. The van der Waals surface area contributed by atoms with Gasteiger partial charge in [0, 0.05) is 18.9 Å². The van der Waals surface area contributed by atoms with Crippen molar-refractivity contribution in [2.75, 3.05) is 13.1 Å². The number of hydrogen-bond donors (Lipinski definition) is 1. The summed E-state index contributed by atoms with van der Waals surface area (Å²) < 4.78 is 0. The zero-order valence-corrected chi connectivity index (χ0v) is 9.61. The fraction of sp³-hybridized carbons (Fsp3) is 0.500. The summed E-state index contributed by atoms with van der Waals surface area (Å²) in [6.45, 7) is 2.29. The van der Waals surface area contributed by atoms with Gasteiger partial charge in [0.1, 0.15) is 0 Å². The summed E-state index contributed by atoms with van der Waals surface area (Å²) in [5, 5.41) is 3.41. The Kier molecular flexibility index (Phi) is 6.89. The lowest BCUT2D eigenvalue weighted by atomic mass is 9.93. The van der Waals surface area contributed by atoms with E-state index in [0.29, 0.717) is 5.92 Å². The van der Waals surface area contributed by atoms with E-state index < -0.39 is 0 Å². The summed E-state index contributed by atoms with van der Waals surface area (Å²) in [7, 11) is 0. The van der Waals surface area contributed by atoms with Gasteiger partial charge in [0.05, 0.1) is 0 Å². The molecular formula is C10H16Cl2N2. The predicted molar refractivity (Wildman–Crippen MR) is 63.6 cm³/mol. The summed E-state index contributed by atoms with van der Waals surface area (Å²) in [6, 6.07) is 4.19. The normalized spacial score (nSPS) is 20.4. The van der Waals surface area contributed by atoms with Crippen LogP contribution in [0, 0.1) is 0 Å². The first-order chi connectivity index (χ1) is 5.97. The van der Waals surface area contributed by atoms with Crippen LogP contribution < -0.4 is 5.32 Å². The molecule has 1 aliphatic rings. The molecule has 1 fully saturated rings. The Morgan fingerprint density at radius 3 is 2.79 bits per heavy atom. The van der Waals surface area contributed by atoms with E-state index in [-0.39, 0.29) is 24.8 Å². The highest BCUT2D eigenvalue weighted by atomic mass is 35.5. The van der Waals surface area contributed by atoms with Crippen LogP contribution in [-0.4, -0.2) is 18.1 Å². The third-order valence-electron chi connectivity index (χ3n) is 2.45. The van der Waals surface area contributed by atoms with Gasteiger partial charge in [-0.1, -0.05) is 6.07 Å². The molecule has 80 valence electrons. The zero-order valence-electron chi connectivity index (χ0n) is 7.98. The lowest BCUT2D eigenvalue weighted by molar-refractivity contribution is 0.461. The van der Waals surface area contributed by atoms with E-state index in [9.17, 15) is 0 Å². The maximum atomic E-state index is 4.13. The molecule has 2 nitrogen and oxygen atoms in total. The first kappa shape index (κ1) is 13.7. The Morgan fingerprint density at radius 1 is 1.36 bits per heavy atom. The van der Waals surface area contributed by atoms with Gasteiger partial charge in [-0.3, -0.25) is 4.98 Å². The maximum absolute atomic E-state index is 4.13. The molecule has 4 heteroatoms. The van der Waals surface area contributed by atoms with E-state index in [0.717, 1.165) is 6.54 Å². The van der Waals surface area contributed by atoms with Gasteiger partial charge < -0.3 is 5.32 Å². The van der Waals surface area contributed by atoms with Crippen LogP contribution in [0.5, 0.6) is 0 Å². The Balaban J connectivity index is 0.000000845. The van der Waals surface area contributed by atoms with Crippen molar-refractivity contribution < 1.29 is 0 Å².